The van der Waals surface area contributed by atoms with Gasteiger partial charge in [-0.15, -0.1) is 0 Å². The number of likely N-dealkylation sites (tertiary alicyclic amines) is 1. The molecule has 0 saturated carbocycles. The monoisotopic (exact) mass is 334 g/mol. The third kappa shape index (κ3) is 3.43. The van der Waals surface area contributed by atoms with E-state index in [1.165, 1.54) is 18.3 Å². The quantitative estimate of drug-likeness (QED) is 0.905. The number of rotatable bonds is 3. The summed E-state index contributed by atoms with van der Waals surface area (Å²) < 4.78 is 13.6. The van der Waals surface area contributed by atoms with E-state index in [9.17, 15) is 9.18 Å². The lowest BCUT2D eigenvalue weighted by molar-refractivity contribution is 0.0791. The first kappa shape index (κ1) is 15.7. The average Bonchev–Trinajstić information content (AvgIpc) is 2.97. The van der Waals surface area contributed by atoms with Crippen molar-refractivity contribution in [3.63, 3.8) is 0 Å². The Labute approximate surface area is 138 Å². The van der Waals surface area contributed by atoms with E-state index in [-0.39, 0.29) is 17.0 Å². The molecule has 3 rings (SSSR count). The summed E-state index contributed by atoms with van der Waals surface area (Å²) in [6, 6.07) is 6.07. The zero-order valence-corrected chi connectivity index (χ0v) is 13.1. The molecule has 0 unspecified atom stereocenters. The lowest BCUT2D eigenvalue weighted by atomic mass is 10.2. The summed E-state index contributed by atoms with van der Waals surface area (Å²) in [6.45, 7) is 1.16. The molecule has 0 aliphatic carbocycles. The second-order valence-corrected chi connectivity index (χ2v) is 5.88. The number of pyridine rings is 1. The third-order valence-corrected chi connectivity index (χ3v) is 4.07. The van der Waals surface area contributed by atoms with Crippen molar-refractivity contribution in [2.24, 2.45) is 5.73 Å². The molecule has 23 heavy (non-hydrogen) atoms. The van der Waals surface area contributed by atoms with Gasteiger partial charge in [0.2, 0.25) is 0 Å². The molecule has 1 atom stereocenters. The molecule has 0 radical (unpaired) electrons. The number of carbonyl (C=O) groups excluding carboxylic acids is 1. The third-order valence-electron chi connectivity index (χ3n) is 3.76. The van der Waals surface area contributed by atoms with Gasteiger partial charge in [0.25, 0.3) is 5.91 Å². The number of nitrogens with zero attached hydrogens (tertiary/aromatic N) is 2. The summed E-state index contributed by atoms with van der Waals surface area (Å²) >= 11 is 5.68. The highest BCUT2D eigenvalue weighted by atomic mass is 35.5. The number of nitrogens with one attached hydrogen (secondary N) is 1. The van der Waals surface area contributed by atoms with E-state index in [2.05, 4.69) is 10.3 Å². The van der Waals surface area contributed by atoms with E-state index >= 15 is 0 Å². The van der Waals surface area contributed by atoms with Gasteiger partial charge in [-0.05, 0) is 30.7 Å². The molecule has 3 N–H and O–H groups in total. The molecule has 0 spiro atoms. The molecule has 1 amide bonds. The van der Waals surface area contributed by atoms with Gasteiger partial charge in [-0.1, -0.05) is 11.6 Å². The van der Waals surface area contributed by atoms with E-state index < -0.39 is 5.82 Å². The maximum Gasteiger partial charge on any atom is 0.257 e. The number of amides is 1. The van der Waals surface area contributed by atoms with Crippen LogP contribution in [0.2, 0.25) is 5.02 Å². The Morgan fingerprint density at radius 3 is 2.96 bits per heavy atom. The number of halogens is 2. The molecule has 1 aliphatic rings. The van der Waals surface area contributed by atoms with Crippen LogP contribution < -0.4 is 11.1 Å². The van der Waals surface area contributed by atoms with Gasteiger partial charge >= 0.3 is 0 Å². The maximum atomic E-state index is 13.6. The van der Waals surface area contributed by atoms with Crippen molar-refractivity contribution < 1.29 is 9.18 Å². The standard InChI is InChI=1S/C16H16ClFN4O/c17-13-2-1-11(7-14(13)18)21-15-3-5-20-8-12(15)16(23)22-6-4-10(19)9-22/h1-3,5,7-8,10H,4,6,9,19H2,(H,20,21)/t10-/m1/s1. The SMILES string of the molecule is N[C@@H]1CCN(C(=O)c2cnccc2Nc2ccc(Cl)c(F)c2)C1. The fourth-order valence-electron chi connectivity index (χ4n) is 2.55. The zero-order valence-electron chi connectivity index (χ0n) is 12.3. The van der Waals surface area contributed by atoms with Crippen LogP contribution in [-0.4, -0.2) is 34.9 Å². The number of anilines is 2. The minimum absolute atomic E-state index is 0.0115. The summed E-state index contributed by atoms with van der Waals surface area (Å²) in [5.74, 6) is -0.660. The Kier molecular flexibility index (Phi) is 4.45. The summed E-state index contributed by atoms with van der Waals surface area (Å²) in [4.78, 5) is 18.3. The fraction of sp³-hybridized carbons (Fsp3) is 0.250. The zero-order chi connectivity index (χ0) is 16.4. The number of nitrogens with two attached hydrogens (primary N) is 1. The number of benzene rings is 1. The predicted molar refractivity (Wildman–Crippen MR) is 87.4 cm³/mol. The van der Waals surface area contributed by atoms with Crippen molar-refractivity contribution in [1.82, 2.24) is 9.88 Å². The van der Waals surface area contributed by atoms with Crippen LogP contribution in [0.25, 0.3) is 0 Å². The van der Waals surface area contributed by atoms with Crippen molar-refractivity contribution in [3.8, 4) is 0 Å². The second kappa shape index (κ2) is 6.52. The summed E-state index contributed by atoms with van der Waals surface area (Å²) in [5.41, 5.74) is 7.35. The van der Waals surface area contributed by atoms with Gasteiger partial charge in [-0.3, -0.25) is 9.78 Å². The highest BCUT2D eigenvalue weighted by Gasteiger charge is 2.26. The van der Waals surface area contributed by atoms with Gasteiger partial charge in [0.05, 0.1) is 16.3 Å². The second-order valence-electron chi connectivity index (χ2n) is 5.48. The first-order valence-electron chi connectivity index (χ1n) is 7.25. The van der Waals surface area contributed by atoms with Crippen molar-refractivity contribution in [2.45, 2.75) is 12.5 Å². The van der Waals surface area contributed by atoms with Crippen molar-refractivity contribution in [2.75, 3.05) is 18.4 Å². The van der Waals surface area contributed by atoms with Gasteiger partial charge < -0.3 is 16.0 Å². The van der Waals surface area contributed by atoms with Gasteiger partial charge in [0, 0.05) is 37.2 Å². The normalized spacial score (nSPS) is 17.3. The van der Waals surface area contributed by atoms with Crippen LogP contribution in [0.4, 0.5) is 15.8 Å². The largest absolute Gasteiger partial charge is 0.355 e. The Balaban J connectivity index is 1.85. The molecule has 1 fully saturated rings. The summed E-state index contributed by atoms with van der Waals surface area (Å²) in [7, 11) is 0. The van der Waals surface area contributed by atoms with E-state index in [1.54, 1.807) is 23.2 Å². The fourth-order valence-corrected chi connectivity index (χ4v) is 2.66. The molecule has 1 saturated heterocycles. The minimum Gasteiger partial charge on any atom is -0.355 e. The van der Waals surface area contributed by atoms with Crippen LogP contribution in [0.1, 0.15) is 16.8 Å². The van der Waals surface area contributed by atoms with Crippen LogP contribution >= 0.6 is 11.6 Å². The van der Waals surface area contributed by atoms with Crippen LogP contribution in [0, 0.1) is 5.82 Å². The van der Waals surface area contributed by atoms with Gasteiger partial charge in [0.15, 0.2) is 0 Å². The lowest BCUT2D eigenvalue weighted by Gasteiger charge is -2.18. The molecule has 120 valence electrons. The molecule has 5 nitrogen and oxygen atoms in total. The number of hydrogen-bond donors (Lipinski definition) is 2. The predicted octanol–water partition coefficient (Wildman–Crippen LogP) is 2.79. The molecule has 1 aromatic carbocycles. The molecule has 1 aromatic heterocycles. The molecule has 2 heterocycles. The molecule has 7 heteroatoms. The Hall–Kier alpha value is -2.18. The first-order valence-corrected chi connectivity index (χ1v) is 7.63. The highest BCUT2D eigenvalue weighted by Crippen LogP contribution is 2.25. The molecular formula is C16H16ClFN4O. The first-order chi connectivity index (χ1) is 11.0. The van der Waals surface area contributed by atoms with Gasteiger partial charge in [-0.25, -0.2) is 4.39 Å². The summed E-state index contributed by atoms with van der Waals surface area (Å²) in [5, 5.41) is 3.09. The lowest BCUT2D eigenvalue weighted by Crippen LogP contribution is -2.32. The topological polar surface area (TPSA) is 71.2 Å². The smallest absolute Gasteiger partial charge is 0.257 e. The van der Waals surface area contributed by atoms with Crippen LogP contribution in [0.15, 0.2) is 36.7 Å². The molecule has 2 aromatic rings. The number of aromatic nitrogens is 1. The van der Waals surface area contributed by atoms with Crippen LogP contribution in [0.5, 0.6) is 0 Å². The molecular weight excluding hydrogens is 319 g/mol. The Morgan fingerprint density at radius 2 is 2.26 bits per heavy atom. The van der Waals surface area contributed by atoms with E-state index in [0.717, 1.165) is 6.42 Å². The average molecular weight is 335 g/mol. The van der Waals surface area contributed by atoms with E-state index in [0.29, 0.717) is 30.0 Å². The van der Waals surface area contributed by atoms with Gasteiger partial charge in [-0.2, -0.15) is 0 Å². The number of hydrogen-bond acceptors (Lipinski definition) is 4. The van der Waals surface area contributed by atoms with Gasteiger partial charge in [0.1, 0.15) is 5.82 Å². The number of carbonyl (C=O) groups is 1. The van der Waals surface area contributed by atoms with Crippen molar-refractivity contribution >= 4 is 28.9 Å². The molecule has 1 aliphatic heterocycles. The Morgan fingerprint density at radius 1 is 1.43 bits per heavy atom. The van der Waals surface area contributed by atoms with E-state index in [4.69, 9.17) is 17.3 Å². The van der Waals surface area contributed by atoms with Crippen LogP contribution in [0.3, 0.4) is 0 Å². The Bertz CT molecular complexity index is 740. The summed E-state index contributed by atoms with van der Waals surface area (Å²) in [6.07, 6.45) is 3.86. The molecule has 0 bridgehead atoms. The van der Waals surface area contributed by atoms with Crippen LogP contribution in [-0.2, 0) is 0 Å². The van der Waals surface area contributed by atoms with Crippen molar-refractivity contribution in [1.29, 1.82) is 0 Å². The minimum atomic E-state index is -0.524. The van der Waals surface area contributed by atoms with Crippen molar-refractivity contribution in [3.05, 3.63) is 53.1 Å². The maximum absolute atomic E-state index is 13.6. The van der Waals surface area contributed by atoms with E-state index in [1.807, 2.05) is 0 Å². The highest BCUT2D eigenvalue weighted by molar-refractivity contribution is 6.30.